The summed E-state index contributed by atoms with van der Waals surface area (Å²) in [6.07, 6.45) is 3.42. The molecule has 1 aliphatic rings. The van der Waals surface area contributed by atoms with E-state index in [2.05, 4.69) is 27.5 Å². The number of aryl methyl sites for hydroxylation is 1. The van der Waals surface area contributed by atoms with Gasteiger partial charge in [-0.1, -0.05) is 6.92 Å². The van der Waals surface area contributed by atoms with Gasteiger partial charge in [0.05, 0.1) is 16.5 Å². The van der Waals surface area contributed by atoms with Crippen LogP contribution in [0.3, 0.4) is 0 Å². The van der Waals surface area contributed by atoms with Crippen LogP contribution >= 0.6 is 23.1 Å². The van der Waals surface area contributed by atoms with Gasteiger partial charge < -0.3 is 4.42 Å². The highest BCUT2D eigenvalue weighted by molar-refractivity contribution is 7.97. The zero-order valence-electron chi connectivity index (χ0n) is 10.3. The average molecular weight is 281 g/mol. The third-order valence-electron chi connectivity index (χ3n) is 2.79. The Morgan fingerprint density at radius 3 is 3.00 bits per heavy atom. The summed E-state index contributed by atoms with van der Waals surface area (Å²) in [5.41, 5.74) is 1.16. The molecule has 0 saturated heterocycles. The van der Waals surface area contributed by atoms with Crippen LogP contribution in [0.1, 0.15) is 48.2 Å². The summed E-state index contributed by atoms with van der Waals surface area (Å²) in [5.74, 6) is 3.80. The molecule has 1 aliphatic carbocycles. The van der Waals surface area contributed by atoms with Crippen molar-refractivity contribution in [3.63, 3.8) is 0 Å². The monoisotopic (exact) mass is 281 g/mol. The van der Waals surface area contributed by atoms with Gasteiger partial charge in [0, 0.05) is 17.1 Å². The zero-order chi connectivity index (χ0) is 12.4. The van der Waals surface area contributed by atoms with E-state index in [1.165, 1.54) is 17.8 Å². The number of hydrogen-bond donors (Lipinski definition) is 0. The molecule has 3 rings (SSSR count). The van der Waals surface area contributed by atoms with Crippen molar-refractivity contribution in [1.29, 1.82) is 0 Å². The summed E-state index contributed by atoms with van der Waals surface area (Å²) in [6.45, 7) is 2.13. The van der Waals surface area contributed by atoms with Crippen molar-refractivity contribution >= 4 is 23.1 Å². The van der Waals surface area contributed by atoms with E-state index in [1.54, 1.807) is 23.1 Å². The minimum absolute atomic E-state index is 0.543. The highest BCUT2D eigenvalue weighted by atomic mass is 32.2. The molecule has 0 aliphatic heterocycles. The van der Waals surface area contributed by atoms with Crippen molar-refractivity contribution in [2.75, 3.05) is 0 Å². The largest absolute Gasteiger partial charge is 0.424 e. The standard InChI is InChI=1S/C12H15N3OS2/c1-2-11-13-9(6-18-11)5-17-7-10-14-15-12(16-10)8-3-4-8/h6,8H,2-5,7H2,1H3. The Balaban J connectivity index is 1.48. The summed E-state index contributed by atoms with van der Waals surface area (Å²) >= 11 is 3.51. The van der Waals surface area contributed by atoms with Gasteiger partial charge in [-0.2, -0.15) is 0 Å². The van der Waals surface area contributed by atoms with Crippen LogP contribution in [0.4, 0.5) is 0 Å². The Morgan fingerprint density at radius 1 is 1.39 bits per heavy atom. The molecule has 4 nitrogen and oxygen atoms in total. The van der Waals surface area contributed by atoms with E-state index in [0.29, 0.717) is 5.92 Å². The van der Waals surface area contributed by atoms with E-state index in [4.69, 9.17) is 4.42 Å². The molecule has 0 spiro atoms. The number of thioether (sulfide) groups is 1. The molecule has 1 saturated carbocycles. The summed E-state index contributed by atoms with van der Waals surface area (Å²) in [4.78, 5) is 4.53. The molecular weight excluding hydrogens is 266 g/mol. The molecule has 2 aromatic rings. The second-order valence-corrected chi connectivity index (χ2v) is 6.32. The van der Waals surface area contributed by atoms with Crippen LogP contribution in [-0.2, 0) is 17.9 Å². The maximum atomic E-state index is 5.61. The fourth-order valence-electron chi connectivity index (χ4n) is 1.64. The van der Waals surface area contributed by atoms with Gasteiger partial charge in [0.25, 0.3) is 0 Å². The van der Waals surface area contributed by atoms with Crippen LogP contribution in [-0.4, -0.2) is 15.2 Å². The summed E-state index contributed by atoms with van der Waals surface area (Å²) < 4.78 is 5.61. The molecular formula is C12H15N3OS2. The van der Waals surface area contributed by atoms with E-state index < -0.39 is 0 Å². The lowest BCUT2D eigenvalue weighted by Gasteiger charge is -1.94. The highest BCUT2D eigenvalue weighted by Crippen LogP contribution is 2.39. The lowest BCUT2D eigenvalue weighted by Crippen LogP contribution is -1.85. The van der Waals surface area contributed by atoms with E-state index in [1.807, 2.05) is 0 Å². The second-order valence-electron chi connectivity index (χ2n) is 4.39. The van der Waals surface area contributed by atoms with Crippen molar-refractivity contribution in [3.05, 3.63) is 27.9 Å². The lowest BCUT2D eigenvalue weighted by molar-refractivity contribution is 0.466. The van der Waals surface area contributed by atoms with Gasteiger partial charge in [0.1, 0.15) is 0 Å². The van der Waals surface area contributed by atoms with Crippen LogP contribution < -0.4 is 0 Å². The molecule has 2 aromatic heterocycles. The molecule has 96 valence electrons. The Kier molecular flexibility index (Phi) is 3.65. The number of hydrogen-bond acceptors (Lipinski definition) is 6. The Labute approximate surface area is 114 Å². The van der Waals surface area contributed by atoms with E-state index >= 15 is 0 Å². The van der Waals surface area contributed by atoms with Gasteiger partial charge in [0.2, 0.25) is 11.8 Å². The molecule has 6 heteroatoms. The van der Waals surface area contributed by atoms with Crippen molar-refractivity contribution in [2.45, 2.75) is 43.6 Å². The fraction of sp³-hybridized carbons (Fsp3) is 0.583. The smallest absolute Gasteiger partial charge is 0.226 e. The van der Waals surface area contributed by atoms with Gasteiger partial charge in [-0.25, -0.2) is 4.98 Å². The highest BCUT2D eigenvalue weighted by Gasteiger charge is 2.29. The Bertz CT molecular complexity index is 519. The van der Waals surface area contributed by atoms with Gasteiger partial charge in [-0.15, -0.1) is 33.3 Å². The SMILES string of the molecule is CCc1nc(CSCc2nnc(C3CC3)o2)cs1. The number of thiazole rings is 1. The molecule has 0 radical (unpaired) electrons. The van der Waals surface area contributed by atoms with E-state index in [-0.39, 0.29) is 0 Å². The minimum Gasteiger partial charge on any atom is -0.424 e. The first-order valence-corrected chi connectivity index (χ1v) is 8.22. The molecule has 1 fully saturated rings. The molecule has 0 atom stereocenters. The predicted molar refractivity (Wildman–Crippen MR) is 72.8 cm³/mol. The van der Waals surface area contributed by atoms with Crippen LogP contribution in [0.15, 0.2) is 9.80 Å². The Morgan fingerprint density at radius 2 is 2.28 bits per heavy atom. The van der Waals surface area contributed by atoms with Gasteiger partial charge in [-0.3, -0.25) is 0 Å². The Hall–Kier alpha value is -0.880. The van der Waals surface area contributed by atoms with Crippen molar-refractivity contribution in [3.8, 4) is 0 Å². The quantitative estimate of drug-likeness (QED) is 0.812. The average Bonchev–Trinajstić information content (AvgIpc) is 2.96. The van der Waals surface area contributed by atoms with Crippen LogP contribution in [0, 0.1) is 0 Å². The molecule has 2 heterocycles. The van der Waals surface area contributed by atoms with Crippen LogP contribution in [0.5, 0.6) is 0 Å². The van der Waals surface area contributed by atoms with Gasteiger partial charge >= 0.3 is 0 Å². The maximum absolute atomic E-state index is 5.61. The molecule has 0 aromatic carbocycles. The van der Waals surface area contributed by atoms with Crippen molar-refractivity contribution in [1.82, 2.24) is 15.2 Å². The number of rotatable bonds is 6. The fourth-order valence-corrected chi connectivity index (χ4v) is 3.24. The summed E-state index contributed by atoms with van der Waals surface area (Å²) in [5, 5.41) is 11.5. The predicted octanol–water partition coefficient (Wildman–Crippen LogP) is 3.40. The van der Waals surface area contributed by atoms with Crippen molar-refractivity contribution in [2.24, 2.45) is 0 Å². The third kappa shape index (κ3) is 2.92. The first-order valence-electron chi connectivity index (χ1n) is 6.18. The van der Waals surface area contributed by atoms with Crippen LogP contribution in [0.25, 0.3) is 0 Å². The summed E-state index contributed by atoms with van der Waals surface area (Å²) in [7, 11) is 0. The molecule has 0 bridgehead atoms. The number of aromatic nitrogens is 3. The first-order chi connectivity index (χ1) is 8.85. The zero-order valence-corrected chi connectivity index (χ0v) is 11.9. The van der Waals surface area contributed by atoms with Crippen molar-refractivity contribution < 1.29 is 4.42 Å². The normalized spacial score (nSPS) is 15.2. The number of nitrogens with zero attached hydrogens (tertiary/aromatic N) is 3. The van der Waals surface area contributed by atoms with Gasteiger partial charge in [0.15, 0.2) is 0 Å². The van der Waals surface area contributed by atoms with Gasteiger partial charge in [-0.05, 0) is 19.3 Å². The lowest BCUT2D eigenvalue weighted by atomic mass is 10.4. The first kappa shape index (κ1) is 12.2. The molecule has 18 heavy (non-hydrogen) atoms. The third-order valence-corrected chi connectivity index (χ3v) is 4.78. The van der Waals surface area contributed by atoms with E-state index in [0.717, 1.165) is 35.4 Å². The second kappa shape index (κ2) is 5.40. The maximum Gasteiger partial charge on any atom is 0.226 e. The summed E-state index contributed by atoms with van der Waals surface area (Å²) in [6, 6.07) is 0. The van der Waals surface area contributed by atoms with Crippen LogP contribution in [0.2, 0.25) is 0 Å². The van der Waals surface area contributed by atoms with E-state index in [9.17, 15) is 0 Å². The topological polar surface area (TPSA) is 51.8 Å². The molecule has 0 unspecified atom stereocenters. The minimum atomic E-state index is 0.543. The molecule has 0 amide bonds. The molecule has 0 N–H and O–H groups in total.